The van der Waals surface area contributed by atoms with Gasteiger partial charge in [-0.25, -0.2) is 9.59 Å². The summed E-state index contributed by atoms with van der Waals surface area (Å²) in [7, 11) is 1.86. The van der Waals surface area contributed by atoms with Crippen LogP contribution in [0, 0.1) is 0 Å². The fourth-order valence-corrected chi connectivity index (χ4v) is 2.10. The first-order chi connectivity index (χ1) is 8.00. The van der Waals surface area contributed by atoms with E-state index >= 15 is 0 Å². The van der Waals surface area contributed by atoms with Crippen LogP contribution in [0.15, 0.2) is 15.8 Å². The number of aromatic nitrogens is 2. The number of nitrogens with one attached hydrogen (secondary N) is 1. The molecule has 1 aromatic rings. The van der Waals surface area contributed by atoms with Gasteiger partial charge in [-0.3, -0.25) is 19.2 Å². The average Bonchev–Trinajstić information content (AvgIpc) is 2.64. The van der Waals surface area contributed by atoms with E-state index in [2.05, 4.69) is 0 Å². The minimum Gasteiger partial charge on any atom is -0.477 e. The molecule has 1 aliphatic rings. The number of likely N-dealkylation sites (tertiary alicyclic amines) is 1. The van der Waals surface area contributed by atoms with Crippen molar-refractivity contribution < 1.29 is 9.90 Å². The predicted octanol–water partition coefficient (Wildman–Crippen LogP) is -0.541. The fourth-order valence-electron chi connectivity index (χ4n) is 2.10. The van der Waals surface area contributed by atoms with E-state index in [1.807, 2.05) is 16.9 Å². The van der Waals surface area contributed by atoms with E-state index in [1.54, 1.807) is 0 Å². The molecule has 2 heterocycles. The van der Waals surface area contributed by atoms with Crippen LogP contribution < -0.4 is 11.2 Å². The third-order valence-electron chi connectivity index (χ3n) is 3.00. The number of hydrogen-bond donors (Lipinski definition) is 2. The largest absolute Gasteiger partial charge is 0.477 e. The Hall–Kier alpha value is -1.89. The molecule has 2 rings (SSSR count). The number of aromatic carboxylic acids is 1. The molecule has 0 amide bonds. The highest BCUT2D eigenvalue weighted by Crippen LogP contribution is 2.22. The summed E-state index contributed by atoms with van der Waals surface area (Å²) in [5, 5.41) is 8.84. The van der Waals surface area contributed by atoms with Gasteiger partial charge in [0.15, 0.2) is 0 Å². The zero-order valence-corrected chi connectivity index (χ0v) is 9.34. The maximum Gasteiger partial charge on any atom is 0.342 e. The number of H-pyrrole nitrogens is 1. The zero-order chi connectivity index (χ0) is 12.6. The lowest BCUT2D eigenvalue weighted by molar-refractivity contribution is 0.0692. The highest BCUT2D eigenvalue weighted by molar-refractivity contribution is 5.86. The molecule has 17 heavy (non-hydrogen) atoms. The summed E-state index contributed by atoms with van der Waals surface area (Å²) in [4.78, 5) is 37.7. The molecule has 1 atom stereocenters. The van der Waals surface area contributed by atoms with Gasteiger partial charge >= 0.3 is 11.7 Å². The van der Waals surface area contributed by atoms with Crippen molar-refractivity contribution in [3.8, 4) is 0 Å². The first-order valence-corrected chi connectivity index (χ1v) is 5.29. The molecule has 0 saturated carbocycles. The van der Waals surface area contributed by atoms with Crippen LogP contribution in [0.3, 0.4) is 0 Å². The third-order valence-corrected chi connectivity index (χ3v) is 3.00. The van der Waals surface area contributed by atoms with Crippen LogP contribution in [-0.2, 0) is 0 Å². The van der Waals surface area contributed by atoms with Gasteiger partial charge in [-0.2, -0.15) is 0 Å². The third kappa shape index (κ3) is 2.01. The smallest absolute Gasteiger partial charge is 0.342 e. The zero-order valence-electron chi connectivity index (χ0n) is 9.34. The molecule has 0 spiro atoms. The maximum atomic E-state index is 11.6. The Labute approximate surface area is 96.3 Å². The van der Waals surface area contributed by atoms with Crippen molar-refractivity contribution in [2.24, 2.45) is 0 Å². The van der Waals surface area contributed by atoms with E-state index in [0.29, 0.717) is 0 Å². The summed E-state index contributed by atoms with van der Waals surface area (Å²) < 4.78 is 1.28. The summed E-state index contributed by atoms with van der Waals surface area (Å²) >= 11 is 0. The van der Waals surface area contributed by atoms with E-state index < -0.39 is 22.8 Å². The van der Waals surface area contributed by atoms with E-state index in [4.69, 9.17) is 5.11 Å². The Bertz CT molecular complexity index is 559. The van der Waals surface area contributed by atoms with Gasteiger partial charge in [0.05, 0.1) is 6.17 Å². The number of aromatic amines is 1. The lowest BCUT2D eigenvalue weighted by atomic mass is 10.3. The van der Waals surface area contributed by atoms with Crippen molar-refractivity contribution in [3.05, 3.63) is 32.6 Å². The second-order valence-corrected chi connectivity index (χ2v) is 4.12. The van der Waals surface area contributed by atoms with Crippen LogP contribution in [0.4, 0.5) is 0 Å². The average molecular weight is 239 g/mol. The summed E-state index contributed by atoms with van der Waals surface area (Å²) in [5.41, 5.74) is -1.84. The fraction of sp³-hybridized carbons (Fsp3) is 0.500. The Morgan fingerprint density at radius 1 is 1.53 bits per heavy atom. The highest BCUT2D eigenvalue weighted by atomic mass is 16.4. The molecule has 0 radical (unpaired) electrons. The lowest BCUT2D eigenvalue weighted by Gasteiger charge is -2.21. The number of carbonyl (C=O) groups is 1. The van der Waals surface area contributed by atoms with E-state index in [1.165, 1.54) is 4.57 Å². The summed E-state index contributed by atoms with van der Waals surface area (Å²) in [6, 6.07) is 0. The standard InChI is InChI=1S/C10H13N3O4/c1-12-4-2-3-7(12)13-5-6(9(15)16)8(14)11-10(13)17/h5,7H,2-4H2,1H3,(H,15,16)(H,11,14,17). The van der Waals surface area contributed by atoms with Crippen molar-refractivity contribution in [2.75, 3.05) is 13.6 Å². The Morgan fingerprint density at radius 2 is 2.24 bits per heavy atom. The van der Waals surface area contributed by atoms with Gasteiger partial charge in [0.1, 0.15) is 5.56 Å². The number of carboxylic acids is 1. The first kappa shape index (κ1) is 11.6. The molecule has 0 aliphatic carbocycles. The lowest BCUT2D eigenvalue weighted by Crippen LogP contribution is -2.38. The Morgan fingerprint density at radius 3 is 2.76 bits per heavy atom. The van der Waals surface area contributed by atoms with Gasteiger partial charge in [0, 0.05) is 6.20 Å². The molecule has 92 valence electrons. The molecule has 0 bridgehead atoms. The molecule has 1 aromatic heterocycles. The van der Waals surface area contributed by atoms with Gasteiger partial charge < -0.3 is 5.11 Å². The molecular weight excluding hydrogens is 226 g/mol. The molecule has 0 aromatic carbocycles. The van der Waals surface area contributed by atoms with Crippen molar-refractivity contribution in [2.45, 2.75) is 19.0 Å². The van der Waals surface area contributed by atoms with Crippen molar-refractivity contribution in [1.82, 2.24) is 14.5 Å². The van der Waals surface area contributed by atoms with Gasteiger partial charge in [-0.15, -0.1) is 0 Å². The summed E-state index contributed by atoms with van der Waals surface area (Å²) in [5.74, 6) is -1.33. The number of carboxylic acid groups (broad SMARTS) is 1. The van der Waals surface area contributed by atoms with Crippen LogP contribution >= 0.6 is 0 Å². The van der Waals surface area contributed by atoms with Gasteiger partial charge in [0.2, 0.25) is 0 Å². The summed E-state index contributed by atoms with van der Waals surface area (Å²) in [6.07, 6.45) is 2.64. The highest BCUT2D eigenvalue weighted by Gasteiger charge is 2.24. The molecule has 7 heteroatoms. The maximum absolute atomic E-state index is 11.6. The van der Waals surface area contributed by atoms with Crippen molar-refractivity contribution >= 4 is 5.97 Å². The van der Waals surface area contributed by atoms with Crippen LogP contribution in [0.2, 0.25) is 0 Å². The summed E-state index contributed by atoms with van der Waals surface area (Å²) in [6.45, 7) is 0.846. The van der Waals surface area contributed by atoms with Crippen LogP contribution in [-0.4, -0.2) is 39.1 Å². The SMILES string of the molecule is CN1CCCC1n1cc(C(=O)O)c(=O)[nH]c1=O. The Balaban J connectivity index is 2.54. The molecular formula is C10H13N3O4. The molecule has 1 saturated heterocycles. The quantitative estimate of drug-likeness (QED) is 0.722. The number of hydrogen-bond acceptors (Lipinski definition) is 4. The van der Waals surface area contributed by atoms with Crippen LogP contribution in [0.1, 0.15) is 29.4 Å². The van der Waals surface area contributed by atoms with Gasteiger partial charge in [-0.05, 0) is 26.4 Å². The molecule has 2 N–H and O–H groups in total. The second kappa shape index (κ2) is 4.17. The Kier molecular flexibility index (Phi) is 2.84. The second-order valence-electron chi connectivity index (χ2n) is 4.12. The minimum atomic E-state index is -1.33. The monoisotopic (exact) mass is 239 g/mol. The van der Waals surface area contributed by atoms with E-state index in [0.717, 1.165) is 25.6 Å². The normalized spacial score (nSPS) is 20.6. The van der Waals surface area contributed by atoms with Gasteiger partial charge in [0.25, 0.3) is 5.56 Å². The number of nitrogens with zero attached hydrogens (tertiary/aromatic N) is 2. The number of rotatable bonds is 2. The molecule has 1 fully saturated rings. The van der Waals surface area contributed by atoms with Crippen LogP contribution in [0.5, 0.6) is 0 Å². The first-order valence-electron chi connectivity index (χ1n) is 5.29. The molecule has 1 unspecified atom stereocenters. The topological polar surface area (TPSA) is 95.4 Å². The van der Waals surface area contributed by atoms with E-state index in [9.17, 15) is 14.4 Å². The van der Waals surface area contributed by atoms with Crippen LogP contribution in [0.25, 0.3) is 0 Å². The predicted molar refractivity (Wildman–Crippen MR) is 59.2 cm³/mol. The molecule has 1 aliphatic heterocycles. The molecule has 7 nitrogen and oxygen atoms in total. The van der Waals surface area contributed by atoms with Crippen molar-refractivity contribution in [1.29, 1.82) is 0 Å². The van der Waals surface area contributed by atoms with Crippen molar-refractivity contribution in [3.63, 3.8) is 0 Å². The minimum absolute atomic E-state index is 0.183. The van der Waals surface area contributed by atoms with Gasteiger partial charge in [-0.1, -0.05) is 0 Å². The van der Waals surface area contributed by atoms with E-state index in [-0.39, 0.29) is 6.17 Å².